The normalized spacial score (nSPS) is 12.1. The molecule has 0 spiro atoms. The van der Waals surface area contributed by atoms with Gasteiger partial charge in [-0.2, -0.15) is 5.10 Å². The lowest BCUT2D eigenvalue weighted by Gasteiger charge is -2.10. The summed E-state index contributed by atoms with van der Waals surface area (Å²) in [5, 5.41) is 17.2. The number of furan rings is 1. The van der Waals surface area contributed by atoms with Crippen molar-refractivity contribution in [1.82, 2.24) is 15.1 Å². The zero-order chi connectivity index (χ0) is 17.1. The largest absolute Gasteiger partial charge is 0.467 e. The summed E-state index contributed by atoms with van der Waals surface area (Å²) < 4.78 is 6.87. The van der Waals surface area contributed by atoms with Gasteiger partial charge in [0.25, 0.3) is 5.91 Å². The van der Waals surface area contributed by atoms with E-state index >= 15 is 0 Å². The van der Waals surface area contributed by atoms with Gasteiger partial charge in [0.2, 0.25) is 0 Å². The van der Waals surface area contributed by atoms with Crippen molar-refractivity contribution in [3.63, 3.8) is 0 Å². The van der Waals surface area contributed by atoms with Gasteiger partial charge in [0.15, 0.2) is 0 Å². The Hall–Kier alpha value is -2.86. The van der Waals surface area contributed by atoms with Crippen LogP contribution < -0.4 is 5.32 Å². The monoisotopic (exact) mass is 325 g/mol. The van der Waals surface area contributed by atoms with Gasteiger partial charge in [-0.15, -0.1) is 0 Å². The molecule has 0 saturated carbocycles. The van der Waals surface area contributed by atoms with Crippen LogP contribution in [0.4, 0.5) is 0 Å². The third kappa shape index (κ3) is 3.09. The number of nitrogens with zero attached hydrogens (tertiary/aromatic N) is 2. The highest BCUT2D eigenvalue weighted by atomic mass is 16.4. The third-order valence-electron chi connectivity index (χ3n) is 3.85. The number of para-hydroxylation sites is 1. The molecule has 6 nitrogen and oxygen atoms in total. The van der Waals surface area contributed by atoms with Crippen LogP contribution in [0.2, 0.25) is 0 Å². The number of rotatable bonds is 5. The molecule has 2 N–H and O–H groups in total. The number of hydrogen-bond donors (Lipinski definition) is 2. The first-order valence-electron chi connectivity index (χ1n) is 7.69. The number of hydrogen-bond acceptors (Lipinski definition) is 4. The van der Waals surface area contributed by atoms with Crippen LogP contribution in [0.5, 0.6) is 0 Å². The van der Waals surface area contributed by atoms with Crippen LogP contribution in [0.1, 0.15) is 33.6 Å². The lowest BCUT2D eigenvalue weighted by Crippen LogP contribution is -2.29. The van der Waals surface area contributed by atoms with E-state index in [1.165, 1.54) is 6.26 Å². The third-order valence-corrected chi connectivity index (χ3v) is 3.85. The minimum Gasteiger partial charge on any atom is -0.467 e. The molecule has 0 aliphatic carbocycles. The zero-order valence-corrected chi connectivity index (χ0v) is 13.6. The molecule has 1 aromatic carbocycles. The molecule has 1 unspecified atom stereocenters. The van der Waals surface area contributed by atoms with Gasteiger partial charge in [0, 0.05) is 0 Å². The highest BCUT2D eigenvalue weighted by molar-refractivity contribution is 5.96. The fraction of sp³-hybridized carbons (Fsp3) is 0.222. The van der Waals surface area contributed by atoms with Crippen LogP contribution in [-0.2, 0) is 0 Å². The SMILES string of the molecule is Cc1nn(-c2ccccc2)c(C)c1C(=O)NCC(O)c1ccco1. The maximum Gasteiger partial charge on any atom is 0.255 e. The summed E-state index contributed by atoms with van der Waals surface area (Å²) in [6, 6.07) is 13.0. The average molecular weight is 325 g/mol. The predicted octanol–water partition coefficient (Wildman–Crippen LogP) is 2.55. The lowest BCUT2D eigenvalue weighted by molar-refractivity contribution is 0.0900. The molecule has 3 rings (SSSR count). The first-order valence-corrected chi connectivity index (χ1v) is 7.69. The molecule has 0 saturated heterocycles. The number of carbonyl (C=O) groups excluding carboxylic acids is 1. The van der Waals surface area contributed by atoms with E-state index in [4.69, 9.17) is 4.42 Å². The van der Waals surface area contributed by atoms with E-state index < -0.39 is 6.10 Å². The van der Waals surface area contributed by atoms with Crippen LogP contribution in [0.15, 0.2) is 53.1 Å². The van der Waals surface area contributed by atoms with E-state index in [9.17, 15) is 9.90 Å². The lowest BCUT2D eigenvalue weighted by atomic mass is 10.1. The van der Waals surface area contributed by atoms with Crippen molar-refractivity contribution in [2.75, 3.05) is 6.54 Å². The fourth-order valence-electron chi connectivity index (χ4n) is 2.65. The van der Waals surface area contributed by atoms with Crippen molar-refractivity contribution in [3.8, 4) is 5.69 Å². The van der Waals surface area contributed by atoms with Crippen molar-refractivity contribution < 1.29 is 14.3 Å². The van der Waals surface area contributed by atoms with E-state index in [0.717, 1.165) is 11.4 Å². The van der Waals surface area contributed by atoms with Crippen LogP contribution in [0.25, 0.3) is 5.69 Å². The molecule has 2 aromatic heterocycles. The number of amides is 1. The Balaban J connectivity index is 1.77. The number of nitrogens with one attached hydrogen (secondary N) is 1. The fourth-order valence-corrected chi connectivity index (χ4v) is 2.65. The summed E-state index contributed by atoms with van der Waals surface area (Å²) >= 11 is 0. The van der Waals surface area contributed by atoms with Gasteiger partial charge in [0.05, 0.1) is 35.4 Å². The molecule has 0 aliphatic rings. The highest BCUT2D eigenvalue weighted by Gasteiger charge is 2.20. The van der Waals surface area contributed by atoms with E-state index in [1.807, 2.05) is 37.3 Å². The molecule has 1 atom stereocenters. The minimum atomic E-state index is -0.881. The predicted molar refractivity (Wildman–Crippen MR) is 89.0 cm³/mol. The number of aryl methyl sites for hydroxylation is 1. The minimum absolute atomic E-state index is 0.0712. The first kappa shape index (κ1) is 16.0. The van der Waals surface area contributed by atoms with Crippen LogP contribution >= 0.6 is 0 Å². The summed E-state index contributed by atoms with van der Waals surface area (Å²) in [6.45, 7) is 3.72. The summed E-state index contributed by atoms with van der Waals surface area (Å²) in [5.41, 5.74) is 2.81. The van der Waals surface area contributed by atoms with Gasteiger partial charge in [0.1, 0.15) is 11.9 Å². The smallest absolute Gasteiger partial charge is 0.255 e. The summed E-state index contributed by atoms with van der Waals surface area (Å²) in [6.07, 6.45) is 0.604. The van der Waals surface area contributed by atoms with E-state index in [1.54, 1.807) is 23.7 Å². The summed E-state index contributed by atoms with van der Waals surface area (Å²) in [7, 11) is 0. The molecular formula is C18H19N3O3. The number of benzene rings is 1. The molecule has 2 heterocycles. The molecule has 24 heavy (non-hydrogen) atoms. The molecule has 0 fully saturated rings. The zero-order valence-electron chi connectivity index (χ0n) is 13.6. The highest BCUT2D eigenvalue weighted by Crippen LogP contribution is 2.18. The number of aromatic nitrogens is 2. The number of carbonyl (C=O) groups is 1. The summed E-state index contributed by atoms with van der Waals surface area (Å²) in [5.74, 6) is 0.154. The van der Waals surface area contributed by atoms with Gasteiger partial charge in [-0.3, -0.25) is 4.79 Å². The van der Waals surface area contributed by atoms with Gasteiger partial charge in [-0.1, -0.05) is 18.2 Å². The molecule has 0 bridgehead atoms. The quantitative estimate of drug-likeness (QED) is 0.755. The molecule has 124 valence electrons. The van der Waals surface area contributed by atoms with Gasteiger partial charge >= 0.3 is 0 Å². The van der Waals surface area contributed by atoms with Crippen molar-refractivity contribution in [1.29, 1.82) is 0 Å². The van der Waals surface area contributed by atoms with E-state index in [0.29, 0.717) is 17.0 Å². The van der Waals surface area contributed by atoms with E-state index in [-0.39, 0.29) is 12.5 Å². The standard InChI is InChI=1S/C18H19N3O3/c1-12-17(13(2)21(20-12)14-7-4-3-5-8-14)18(23)19-11-15(22)16-9-6-10-24-16/h3-10,15,22H,11H2,1-2H3,(H,19,23). The molecule has 0 aliphatic heterocycles. The summed E-state index contributed by atoms with van der Waals surface area (Å²) in [4.78, 5) is 12.5. The second-order valence-corrected chi connectivity index (χ2v) is 5.53. The maximum atomic E-state index is 12.5. The Kier molecular flexibility index (Phi) is 4.48. The molecule has 3 aromatic rings. The second kappa shape index (κ2) is 6.72. The van der Waals surface area contributed by atoms with Gasteiger partial charge in [-0.05, 0) is 38.1 Å². The average Bonchev–Trinajstić information content (AvgIpc) is 3.22. The number of aliphatic hydroxyl groups excluding tert-OH is 1. The Labute approximate surface area is 139 Å². The van der Waals surface area contributed by atoms with Gasteiger partial charge < -0.3 is 14.8 Å². The number of aliphatic hydroxyl groups is 1. The second-order valence-electron chi connectivity index (χ2n) is 5.53. The molecule has 0 radical (unpaired) electrons. The van der Waals surface area contributed by atoms with Crippen LogP contribution in [-0.4, -0.2) is 27.3 Å². The molecular weight excluding hydrogens is 306 g/mol. The van der Waals surface area contributed by atoms with Crippen LogP contribution in [0.3, 0.4) is 0 Å². The van der Waals surface area contributed by atoms with E-state index in [2.05, 4.69) is 10.4 Å². The van der Waals surface area contributed by atoms with Crippen molar-refractivity contribution in [2.45, 2.75) is 20.0 Å². The molecule has 1 amide bonds. The molecule has 6 heteroatoms. The maximum absolute atomic E-state index is 12.5. The Morgan fingerprint density at radius 1 is 1.25 bits per heavy atom. The topological polar surface area (TPSA) is 80.3 Å². The Bertz CT molecular complexity index is 823. The van der Waals surface area contributed by atoms with Crippen molar-refractivity contribution >= 4 is 5.91 Å². The van der Waals surface area contributed by atoms with Crippen molar-refractivity contribution in [2.24, 2.45) is 0 Å². The Morgan fingerprint density at radius 2 is 2.00 bits per heavy atom. The van der Waals surface area contributed by atoms with Crippen LogP contribution in [0, 0.1) is 13.8 Å². The van der Waals surface area contributed by atoms with Crippen molar-refractivity contribution in [3.05, 3.63) is 71.4 Å². The van der Waals surface area contributed by atoms with Gasteiger partial charge in [-0.25, -0.2) is 4.68 Å². The first-order chi connectivity index (χ1) is 11.6. The Morgan fingerprint density at radius 3 is 2.67 bits per heavy atom.